The van der Waals surface area contributed by atoms with Crippen molar-refractivity contribution in [2.75, 3.05) is 7.11 Å². The van der Waals surface area contributed by atoms with Crippen LogP contribution in [-0.4, -0.2) is 24.2 Å². The summed E-state index contributed by atoms with van der Waals surface area (Å²) in [5, 5.41) is 21.7. The van der Waals surface area contributed by atoms with Crippen molar-refractivity contribution in [3.8, 4) is 6.07 Å². The fraction of sp³-hybridized carbons (Fsp3) is 0.167. The third-order valence-corrected chi connectivity index (χ3v) is 4.11. The van der Waals surface area contributed by atoms with Gasteiger partial charge in [-0.15, -0.1) is 0 Å². The number of hydrogen-bond donors (Lipinski definition) is 2. The molecule has 1 aliphatic rings. The van der Waals surface area contributed by atoms with Crippen LogP contribution < -0.4 is 5.32 Å². The number of carboxylic acids is 1. The van der Waals surface area contributed by atoms with Gasteiger partial charge in [-0.3, -0.25) is 0 Å². The number of hydrogen-bond acceptors (Lipinski definition) is 5. The number of nitrogens with zero attached hydrogens (tertiary/aromatic N) is 1. The highest BCUT2D eigenvalue weighted by Gasteiger charge is 2.38. The molecule has 0 aliphatic carbocycles. The number of nitriles is 1. The largest absolute Gasteiger partial charge is 0.478 e. The normalized spacial score (nSPS) is 17.3. The molecule has 2 rings (SSSR count). The Morgan fingerprint density at radius 1 is 1.36 bits per heavy atom. The average molecular weight is 359 g/mol. The molecule has 1 aliphatic heterocycles. The number of carbonyl (C=O) groups excluding carboxylic acids is 1. The quantitative estimate of drug-likeness (QED) is 0.634. The van der Waals surface area contributed by atoms with E-state index in [0.29, 0.717) is 22.0 Å². The molecule has 0 aromatic heterocycles. The molecule has 0 amide bonds. The van der Waals surface area contributed by atoms with Crippen molar-refractivity contribution in [3.05, 3.63) is 69.5 Å². The van der Waals surface area contributed by atoms with Crippen molar-refractivity contribution in [1.29, 1.82) is 5.26 Å². The summed E-state index contributed by atoms with van der Waals surface area (Å²) < 4.78 is 4.84. The highest BCUT2D eigenvalue weighted by Crippen LogP contribution is 2.41. The van der Waals surface area contributed by atoms with E-state index in [4.69, 9.17) is 21.6 Å². The zero-order valence-corrected chi connectivity index (χ0v) is 14.3. The van der Waals surface area contributed by atoms with Crippen LogP contribution in [0.4, 0.5) is 0 Å². The first-order chi connectivity index (χ1) is 11.9. The SMILES string of the molecule is COC(=O)C1=C(/C=C/C#N)NC(C)=C(C(=O)O)C1c1ccccc1Cl. The molecule has 1 aromatic carbocycles. The molecule has 1 atom stereocenters. The van der Waals surface area contributed by atoms with Gasteiger partial charge in [-0.05, 0) is 24.6 Å². The lowest BCUT2D eigenvalue weighted by Crippen LogP contribution is -2.32. The number of nitrogens with one attached hydrogen (secondary N) is 1. The number of ether oxygens (including phenoxy) is 1. The predicted molar refractivity (Wildman–Crippen MR) is 91.5 cm³/mol. The summed E-state index contributed by atoms with van der Waals surface area (Å²) in [6.07, 6.45) is 2.59. The zero-order valence-electron chi connectivity index (χ0n) is 13.5. The minimum Gasteiger partial charge on any atom is -0.478 e. The first-order valence-electron chi connectivity index (χ1n) is 7.26. The molecule has 0 saturated heterocycles. The molecule has 1 heterocycles. The average Bonchev–Trinajstić information content (AvgIpc) is 2.58. The van der Waals surface area contributed by atoms with Gasteiger partial charge in [-0.2, -0.15) is 5.26 Å². The van der Waals surface area contributed by atoms with Gasteiger partial charge in [0.15, 0.2) is 0 Å². The Bertz CT molecular complexity index is 862. The van der Waals surface area contributed by atoms with Crippen LogP contribution in [0.2, 0.25) is 5.02 Å². The van der Waals surface area contributed by atoms with Crippen LogP contribution in [-0.2, 0) is 14.3 Å². The molecule has 0 spiro atoms. The molecule has 0 saturated carbocycles. The van der Waals surface area contributed by atoms with Crippen LogP contribution in [0.1, 0.15) is 18.4 Å². The van der Waals surface area contributed by atoms with Crippen LogP contribution in [0.15, 0.2) is 59.0 Å². The molecule has 6 nitrogen and oxygen atoms in total. The molecule has 0 bridgehead atoms. The molecule has 0 radical (unpaired) electrons. The molecule has 2 N–H and O–H groups in total. The number of allylic oxidation sites excluding steroid dienone is 3. The van der Waals surface area contributed by atoms with E-state index in [1.165, 1.54) is 19.3 Å². The van der Waals surface area contributed by atoms with Gasteiger partial charge in [0, 0.05) is 16.8 Å². The molecular formula is C18H15ClN2O4. The van der Waals surface area contributed by atoms with Gasteiger partial charge in [-0.1, -0.05) is 29.8 Å². The van der Waals surface area contributed by atoms with Crippen molar-refractivity contribution in [2.45, 2.75) is 12.8 Å². The number of esters is 1. The minimum absolute atomic E-state index is 0.0115. The van der Waals surface area contributed by atoms with Crippen molar-refractivity contribution in [3.63, 3.8) is 0 Å². The van der Waals surface area contributed by atoms with Crippen molar-refractivity contribution >= 4 is 23.5 Å². The number of aliphatic carboxylic acids is 1. The summed E-state index contributed by atoms with van der Waals surface area (Å²) >= 11 is 6.26. The van der Waals surface area contributed by atoms with Crippen molar-refractivity contribution < 1.29 is 19.4 Å². The maximum atomic E-state index is 12.4. The highest BCUT2D eigenvalue weighted by molar-refractivity contribution is 6.31. The van der Waals surface area contributed by atoms with Gasteiger partial charge in [0.2, 0.25) is 0 Å². The topological polar surface area (TPSA) is 99.4 Å². The van der Waals surface area contributed by atoms with Gasteiger partial charge in [0.1, 0.15) is 0 Å². The smallest absolute Gasteiger partial charge is 0.336 e. The molecule has 1 aromatic rings. The number of carboxylic acid groups (broad SMARTS) is 1. The van der Waals surface area contributed by atoms with E-state index >= 15 is 0 Å². The van der Waals surface area contributed by atoms with Gasteiger partial charge < -0.3 is 15.2 Å². The lowest BCUT2D eigenvalue weighted by atomic mass is 9.80. The van der Waals surface area contributed by atoms with E-state index in [9.17, 15) is 14.7 Å². The van der Waals surface area contributed by atoms with Crippen LogP contribution >= 0.6 is 11.6 Å². The predicted octanol–water partition coefficient (Wildman–Crippen LogP) is 2.89. The first-order valence-corrected chi connectivity index (χ1v) is 7.64. The monoisotopic (exact) mass is 358 g/mol. The van der Waals surface area contributed by atoms with Crippen LogP contribution in [0.3, 0.4) is 0 Å². The highest BCUT2D eigenvalue weighted by atomic mass is 35.5. The Kier molecular flexibility index (Phi) is 5.63. The molecule has 0 fully saturated rings. The zero-order chi connectivity index (χ0) is 18.6. The lowest BCUT2D eigenvalue weighted by molar-refractivity contribution is -0.136. The third-order valence-electron chi connectivity index (χ3n) is 3.77. The van der Waals surface area contributed by atoms with E-state index < -0.39 is 17.9 Å². The maximum Gasteiger partial charge on any atom is 0.336 e. The van der Waals surface area contributed by atoms with E-state index in [1.807, 2.05) is 6.07 Å². The van der Waals surface area contributed by atoms with Crippen LogP contribution in [0, 0.1) is 11.3 Å². The molecule has 1 unspecified atom stereocenters. The first kappa shape index (κ1) is 18.3. The number of dihydropyridines is 1. The third kappa shape index (κ3) is 3.57. The van der Waals surface area contributed by atoms with E-state index in [2.05, 4.69) is 5.32 Å². The lowest BCUT2D eigenvalue weighted by Gasteiger charge is -2.30. The summed E-state index contributed by atoms with van der Waals surface area (Å²) in [4.78, 5) is 24.3. The Morgan fingerprint density at radius 3 is 2.60 bits per heavy atom. The summed E-state index contributed by atoms with van der Waals surface area (Å²) in [5.41, 5.74) is 1.17. The van der Waals surface area contributed by atoms with E-state index in [1.54, 1.807) is 31.2 Å². The molecule has 128 valence electrons. The van der Waals surface area contributed by atoms with Gasteiger partial charge in [-0.25, -0.2) is 9.59 Å². The molecule has 25 heavy (non-hydrogen) atoms. The van der Waals surface area contributed by atoms with Gasteiger partial charge >= 0.3 is 11.9 Å². The second kappa shape index (κ2) is 7.69. The maximum absolute atomic E-state index is 12.4. The fourth-order valence-corrected chi connectivity index (χ4v) is 2.99. The number of rotatable bonds is 4. The second-order valence-corrected chi connectivity index (χ2v) is 5.61. The second-order valence-electron chi connectivity index (χ2n) is 5.20. The van der Waals surface area contributed by atoms with Crippen molar-refractivity contribution in [2.24, 2.45) is 0 Å². The summed E-state index contributed by atoms with van der Waals surface area (Å²) in [7, 11) is 1.20. The van der Waals surface area contributed by atoms with Crippen LogP contribution in [0.25, 0.3) is 0 Å². The minimum atomic E-state index is -1.18. The molecular weight excluding hydrogens is 344 g/mol. The Hall–Kier alpha value is -3.04. The number of halogens is 1. The Balaban J connectivity index is 2.81. The standard InChI is InChI=1S/C18H15ClN2O4/c1-10-14(17(22)23)15(11-6-3-4-7-12(11)19)16(18(24)25-2)13(21-10)8-5-9-20/h3-8,15,21H,1-2H3,(H,22,23)/b8-5+. The Labute approximate surface area is 149 Å². The van der Waals surface area contributed by atoms with Gasteiger partial charge in [0.25, 0.3) is 0 Å². The van der Waals surface area contributed by atoms with Crippen LogP contribution in [0.5, 0.6) is 0 Å². The van der Waals surface area contributed by atoms with Gasteiger partial charge in [0.05, 0.1) is 35.9 Å². The summed E-state index contributed by atoms with van der Waals surface area (Å²) in [6, 6.07) is 8.53. The van der Waals surface area contributed by atoms with E-state index in [-0.39, 0.29) is 11.1 Å². The summed E-state index contributed by atoms with van der Waals surface area (Å²) in [5.74, 6) is -2.82. The van der Waals surface area contributed by atoms with E-state index in [0.717, 1.165) is 0 Å². The summed E-state index contributed by atoms with van der Waals surface area (Å²) in [6.45, 7) is 1.58. The fourth-order valence-electron chi connectivity index (χ4n) is 2.75. The molecule has 7 heteroatoms. The number of methoxy groups -OCH3 is 1. The number of carbonyl (C=O) groups is 2. The Morgan fingerprint density at radius 2 is 2.04 bits per heavy atom. The van der Waals surface area contributed by atoms with Crippen molar-refractivity contribution in [1.82, 2.24) is 5.32 Å². The number of benzene rings is 1.